The number of carbonyl (C=O) groups is 2. The Morgan fingerprint density at radius 1 is 1.15 bits per heavy atom. The van der Waals surface area contributed by atoms with E-state index in [2.05, 4.69) is 26.6 Å². The molecule has 0 aromatic heterocycles. The van der Waals surface area contributed by atoms with E-state index in [1.807, 2.05) is 0 Å². The number of thiocarbonyl (C=S) groups is 1. The minimum absolute atomic E-state index is 0.0550. The molecular weight excluding hydrogens is 432 g/mol. The van der Waals surface area contributed by atoms with Crippen LogP contribution in [0.4, 0.5) is 5.69 Å². The van der Waals surface area contributed by atoms with Gasteiger partial charge in [0, 0.05) is 22.8 Å². The number of ketones is 1. The second kappa shape index (κ2) is 10.1. The Kier molecular flexibility index (Phi) is 7.90. The molecule has 8 heteroatoms. The predicted octanol–water partition coefficient (Wildman–Crippen LogP) is 3.80. The first-order valence-corrected chi connectivity index (χ1v) is 9.25. The van der Waals surface area contributed by atoms with Crippen molar-refractivity contribution in [3.63, 3.8) is 0 Å². The number of hydrogen-bond acceptors (Lipinski definition) is 5. The number of anilines is 1. The first kappa shape index (κ1) is 21.0. The molecule has 0 radical (unpaired) electrons. The van der Waals surface area contributed by atoms with Gasteiger partial charge in [-0.05, 0) is 49.5 Å². The Morgan fingerprint density at radius 2 is 1.93 bits per heavy atom. The maximum atomic E-state index is 12.6. The van der Waals surface area contributed by atoms with Crippen LogP contribution in [0.25, 0.3) is 0 Å². The van der Waals surface area contributed by atoms with Crippen LogP contribution in [0.2, 0.25) is 0 Å². The van der Waals surface area contributed by atoms with Crippen LogP contribution in [-0.2, 0) is 4.74 Å². The summed E-state index contributed by atoms with van der Waals surface area (Å²) < 4.78 is 11.3. The molecule has 0 spiro atoms. The molecule has 142 valence electrons. The molecule has 0 fully saturated rings. The fourth-order valence-corrected chi connectivity index (χ4v) is 2.76. The van der Waals surface area contributed by atoms with E-state index in [0.717, 1.165) is 4.47 Å². The van der Waals surface area contributed by atoms with Gasteiger partial charge in [-0.3, -0.25) is 14.9 Å². The van der Waals surface area contributed by atoms with E-state index < -0.39 is 5.91 Å². The summed E-state index contributed by atoms with van der Waals surface area (Å²) in [7, 11) is 1.57. The van der Waals surface area contributed by atoms with Gasteiger partial charge in [0.15, 0.2) is 10.9 Å². The summed E-state index contributed by atoms with van der Waals surface area (Å²) in [5.74, 6) is -0.0429. The average molecular weight is 451 g/mol. The van der Waals surface area contributed by atoms with Gasteiger partial charge >= 0.3 is 0 Å². The van der Waals surface area contributed by atoms with Crippen LogP contribution in [-0.4, -0.2) is 37.1 Å². The molecule has 0 unspecified atom stereocenters. The van der Waals surface area contributed by atoms with Crippen molar-refractivity contribution >= 4 is 50.6 Å². The Bertz CT molecular complexity index is 857. The SMILES string of the molecule is COCCOc1ccc(Br)cc1C(=O)NC(=S)Nc1cccc(C(C)=O)c1. The number of carbonyl (C=O) groups excluding carboxylic acids is 2. The predicted molar refractivity (Wildman–Crippen MR) is 112 cm³/mol. The van der Waals surface area contributed by atoms with Crippen molar-refractivity contribution in [1.82, 2.24) is 5.32 Å². The van der Waals surface area contributed by atoms with Crippen molar-refractivity contribution in [1.29, 1.82) is 0 Å². The minimum Gasteiger partial charge on any atom is -0.490 e. The standard InChI is InChI=1S/C19H19BrN2O4S/c1-12(23)13-4-3-5-15(10-13)21-19(27)22-18(24)16-11-14(20)6-7-17(16)26-9-8-25-2/h3-7,10-11H,8-9H2,1-2H3,(H2,21,22,24,27). The number of amides is 1. The summed E-state index contributed by atoms with van der Waals surface area (Å²) >= 11 is 8.55. The van der Waals surface area contributed by atoms with Gasteiger partial charge in [0.05, 0.1) is 12.2 Å². The Hall–Kier alpha value is -2.29. The molecule has 0 heterocycles. The molecule has 6 nitrogen and oxygen atoms in total. The van der Waals surface area contributed by atoms with Gasteiger partial charge in [0.1, 0.15) is 12.4 Å². The van der Waals surface area contributed by atoms with Crippen LogP contribution in [0.15, 0.2) is 46.9 Å². The van der Waals surface area contributed by atoms with Gasteiger partial charge < -0.3 is 14.8 Å². The number of benzene rings is 2. The summed E-state index contributed by atoms with van der Waals surface area (Å²) in [5.41, 5.74) is 1.50. The maximum absolute atomic E-state index is 12.6. The number of Topliss-reactive ketones (excluding diaryl/α,β-unsaturated/α-hetero) is 1. The summed E-state index contributed by atoms with van der Waals surface area (Å²) in [6.07, 6.45) is 0. The van der Waals surface area contributed by atoms with E-state index >= 15 is 0 Å². The van der Waals surface area contributed by atoms with E-state index in [9.17, 15) is 9.59 Å². The fraction of sp³-hybridized carbons (Fsp3) is 0.211. The Morgan fingerprint density at radius 3 is 2.63 bits per heavy atom. The molecule has 27 heavy (non-hydrogen) atoms. The lowest BCUT2D eigenvalue weighted by atomic mass is 10.1. The lowest BCUT2D eigenvalue weighted by Gasteiger charge is -2.13. The van der Waals surface area contributed by atoms with Gasteiger partial charge in [-0.15, -0.1) is 0 Å². The van der Waals surface area contributed by atoms with Crippen LogP contribution < -0.4 is 15.4 Å². The lowest BCUT2D eigenvalue weighted by molar-refractivity contribution is 0.0968. The largest absolute Gasteiger partial charge is 0.490 e. The molecule has 2 rings (SSSR count). The average Bonchev–Trinajstić information content (AvgIpc) is 2.63. The first-order valence-electron chi connectivity index (χ1n) is 8.05. The highest BCUT2D eigenvalue weighted by Gasteiger charge is 2.15. The van der Waals surface area contributed by atoms with Crippen LogP contribution >= 0.6 is 28.1 Å². The van der Waals surface area contributed by atoms with Crippen LogP contribution in [0.1, 0.15) is 27.6 Å². The second-order valence-electron chi connectivity index (χ2n) is 5.53. The Labute approximate surface area is 171 Å². The number of nitrogens with one attached hydrogen (secondary N) is 2. The van der Waals surface area contributed by atoms with Gasteiger partial charge in [0.25, 0.3) is 5.91 Å². The molecule has 2 aromatic carbocycles. The number of hydrogen-bond donors (Lipinski definition) is 2. The number of halogens is 1. The van der Waals surface area contributed by atoms with E-state index in [4.69, 9.17) is 21.7 Å². The summed E-state index contributed by atoms with van der Waals surface area (Å²) in [4.78, 5) is 24.1. The summed E-state index contributed by atoms with van der Waals surface area (Å²) in [6.45, 7) is 2.21. The van der Waals surface area contributed by atoms with E-state index in [-0.39, 0.29) is 10.9 Å². The van der Waals surface area contributed by atoms with Crippen molar-refractivity contribution in [2.45, 2.75) is 6.92 Å². The van der Waals surface area contributed by atoms with Gasteiger partial charge in [-0.1, -0.05) is 28.1 Å². The topological polar surface area (TPSA) is 76.7 Å². The van der Waals surface area contributed by atoms with E-state index in [1.165, 1.54) is 6.92 Å². The highest BCUT2D eigenvalue weighted by Crippen LogP contribution is 2.23. The van der Waals surface area contributed by atoms with Crippen LogP contribution in [0, 0.1) is 0 Å². The first-order chi connectivity index (χ1) is 12.9. The monoisotopic (exact) mass is 450 g/mol. The molecule has 1 amide bonds. The third-order valence-electron chi connectivity index (χ3n) is 3.49. The molecular formula is C19H19BrN2O4S. The number of methoxy groups -OCH3 is 1. The van der Waals surface area contributed by atoms with Crippen LogP contribution in [0.3, 0.4) is 0 Å². The molecule has 0 atom stereocenters. The van der Waals surface area contributed by atoms with Crippen molar-refractivity contribution in [3.8, 4) is 5.75 Å². The third-order valence-corrected chi connectivity index (χ3v) is 4.18. The molecule has 0 aliphatic rings. The third kappa shape index (κ3) is 6.42. The molecule has 2 aromatic rings. The van der Waals surface area contributed by atoms with Gasteiger partial charge in [-0.25, -0.2) is 0 Å². The molecule has 0 aliphatic carbocycles. The second-order valence-corrected chi connectivity index (χ2v) is 6.85. The fourth-order valence-electron chi connectivity index (χ4n) is 2.19. The number of rotatable bonds is 7. The van der Waals surface area contributed by atoms with Crippen LogP contribution in [0.5, 0.6) is 5.75 Å². The zero-order chi connectivity index (χ0) is 19.8. The zero-order valence-corrected chi connectivity index (χ0v) is 17.3. The normalized spacial score (nSPS) is 10.2. The van der Waals surface area contributed by atoms with Gasteiger partial charge in [0.2, 0.25) is 0 Å². The van der Waals surface area contributed by atoms with Crippen molar-refractivity contribution in [3.05, 3.63) is 58.1 Å². The number of ether oxygens (including phenoxy) is 2. The lowest BCUT2D eigenvalue weighted by Crippen LogP contribution is -2.34. The van der Waals surface area contributed by atoms with Crippen molar-refractivity contribution in [2.24, 2.45) is 0 Å². The maximum Gasteiger partial charge on any atom is 0.261 e. The van der Waals surface area contributed by atoms with Crippen molar-refractivity contribution < 1.29 is 19.1 Å². The molecule has 0 aliphatic heterocycles. The molecule has 0 saturated heterocycles. The minimum atomic E-state index is -0.413. The Balaban J connectivity index is 2.07. The highest BCUT2D eigenvalue weighted by atomic mass is 79.9. The molecule has 0 saturated carbocycles. The smallest absolute Gasteiger partial charge is 0.261 e. The molecule has 0 bridgehead atoms. The van der Waals surface area contributed by atoms with Crippen molar-refractivity contribution in [2.75, 3.05) is 25.6 Å². The molecule has 2 N–H and O–H groups in total. The summed E-state index contributed by atoms with van der Waals surface area (Å²) in [5, 5.41) is 5.63. The van der Waals surface area contributed by atoms with E-state index in [0.29, 0.717) is 35.8 Å². The highest BCUT2D eigenvalue weighted by molar-refractivity contribution is 9.10. The zero-order valence-electron chi connectivity index (χ0n) is 14.9. The summed E-state index contributed by atoms with van der Waals surface area (Å²) in [6, 6.07) is 12.0. The van der Waals surface area contributed by atoms with E-state index in [1.54, 1.807) is 49.6 Å². The quantitative estimate of drug-likeness (QED) is 0.379. The van der Waals surface area contributed by atoms with Gasteiger partial charge in [-0.2, -0.15) is 0 Å².